The van der Waals surface area contributed by atoms with Crippen molar-refractivity contribution in [1.82, 2.24) is 14.7 Å². The monoisotopic (exact) mass is 473 g/mol. The SMILES string of the molecule is CCOC(=O)CCN1C(=O)C2C(N=C3N(c4cccc(C)c4)C(c4ccccc4)=CN32)N(C)C1=O. The smallest absolute Gasteiger partial charge is 0.328 e. The molecule has 0 spiro atoms. The maximum Gasteiger partial charge on any atom is 0.328 e. The van der Waals surface area contributed by atoms with Crippen LogP contribution in [0.5, 0.6) is 0 Å². The normalized spacial score (nSPS) is 21.1. The molecule has 2 atom stereocenters. The van der Waals surface area contributed by atoms with Crippen LogP contribution in [0.25, 0.3) is 5.70 Å². The highest BCUT2D eigenvalue weighted by molar-refractivity contribution is 6.16. The van der Waals surface area contributed by atoms with Crippen LogP contribution < -0.4 is 4.90 Å². The summed E-state index contributed by atoms with van der Waals surface area (Å²) in [5.74, 6) is -0.236. The number of hydrogen-bond donors (Lipinski definition) is 0. The lowest BCUT2D eigenvalue weighted by molar-refractivity contribution is -0.144. The molecule has 1 fully saturated rings. The van der Waals surface area contributed by atoms with Gasteiger partial charge < -0.3 is 9.64 Å². The van der Waals surface area contributed by atoms with Gasteiger partial charge in [-0.3, -0.25) is 24.3 Å². The van der Waals surface area contributed by atoms with Crippen LogP contribution in [-0.2, 0) is 14.3 Å². The number of carbonyl (C=O) groups excluding carboxylic acids is 3. The molecule has 3 aliphatic rings. The van der Waals surface area contributed by atoms with Gasteiger partial charge in [0.2, 0.25) is 5.96 Å². The number of rotatable bonds is 6. The standard InChI is InChI=1S/C26H27N5O4/c1-4-35-21(32)13-14-29-24(33)22-23(28(3)26(29)34)27-25-30(22)16-20(18-10-6-5-7-11-18)31(25)19-12-8-9-17(2)15-19/h5-12,15-16,22-23H,4,13-14H2,1-3H3. The maximum atomic E-state index is 13.6. The van der Waals surface area contributed by atoms with Crippen molar-refractivity contribution in [1.29, 1.82) is 0 Å². The number of benzene rings is 2. The van der Waals surface area contributed by atoms with Gasteiger partial charge in [0.05, 0.1) is 18.7 Å². The Labute approximate surface area is 203 Å². The lowest BCUT2D eigenvalue weighted by Crippen LogP contribution is -2.64. The Kier molecular flexibility index (Phi) is 5.76. The molecule has 0 saturated carbocycles. The number of ether oxygens (including phenoxy) is 1. The molecule has 0 N–H and O–H groups in total. The first kappa shape index (κ1) is 22.6. The summed E-state index contributed by atoms with van der Waals surface area (Å²) in [7, 11) is 1.63. The number of amides is 3. The molecule has 9 heteroatoms. The number of aliphatic imine (C=N–C) groups is 1. The number of aryl methyl sites for hydroxylation is 1. The van der Waals surface area contributed by atoms with E-state index in [4.69, 9.17) is 9.73 Å². The molecule has 9 nitrogen and oxygen atoms in total. The molecule has 3 heterocycles. The molecule has 0 aliphatic carbocycles. The first-order valence-corrected chi connectivity index (χ1v) is 11.6. The molecule has 5 rings (SSSR count). The van der Waals surface area contributed by atoms with Gasteiger partial charge in [-0.25, -0.2) is 9.79 Å². The highest BCUT2D eigenvalue weighted by Crippen LogP contribution is 2.40. The van der Waals surface area contributed by atoms with E-state index in [-0.39, 0.29) is 25.5 Å². The predicted molar refractivity (Wildman–Crippen MR) is 131 cm³/mol. The molecule has 2 unspecified atom stereocenters. The Morgan fingerprint density at radius 3 is 2.57 bits per heavy atom. The van der Waals surface area contributed by atoms with Gasteiger partial charge in [-0.1, -0.05) is 42.5 Å². The van der Waals surface area contributed by atoms with Crippen LogP contribution in [0.2, 0.25) is 0 Å². The number of esters is 1. The second-order valence-corrected chi connectivity index (χ2v) is 8.69. The molecule has 3 amide bonds. The summed E-state index contributed by atoms with van der Waals surface area (Å²) < 4.78 is 4.97. The Morgan fingerprint density at radius 2 is 1.86 bits per heavy atom. The van der Waals surface area contributed by atoms with E-state index in [9.17, 15) is 14.4 Å². The van der Waals surface area contributed by atoms with E-state index in [1.807, 2.05) is 71.5 Å². The van der Waals surface area contributed by atoms with Crippen LogP contribution in [0, 0.1) is 6.92 Å². The minimum atomic E-state index is -0.719. The van der Waals surface area contributed by atoms with Crippen molar-refractivity contribution in [3.05, 3.63) is 71.9 Å². The van der Waals surface area contributed by atoms with Gasteiger partial charge in [0.1, 0.15) is 0 Å². The zero-order valence-corrected chi connectivity index (χ0v) is 19.9. The minimum absolute atomic E-state index is 0.0376. The molecule has 2 aromatic carbocycles. The Balaban J connectivity index is 1.52. The second kappa shape index (κ2) is 8.90. The number of hydrogen-bond acceptors (Lipinski definition) is 7. The van der Waals surface area contributed by atoms with Crippen molar-refractivity contribution >= 4 is 35.3 Å². The molecule has 0 aromatic heterocycles. The van der Waals surface area contributed by atoms with Gasteiger partial charge in [-0.15, -0.1) is 0 Å². The van der Waals surface area contributed by atoms with Gasteiger partial charge >= 0.3 is 12.0 Å². The van der Waals surface area contributed by atoms with Crippen molar-refractivity contribution in [3.8, 4) is 0 Å². The largest absolute Gasteiger partial charge is 0.466 e. The summed E-state index contributed by atoms with van der Waals surface area (Å²) >= 11 is 0. The van der Waals surface area contributed by atoms with Crippen molar-refractivity contribution in [2.24, 2.45) is 4.99 Å². The highest BCUT2D eigenvalue weighted by Gasteiger charge is 2.54. The first-order chi connectivity index (χ1) is 16.9. The van der Waals surface area contributed by atoms with Crippen molar-refractivity contribution in [3.63, 3.8) is 0 Å². The highest BCUT2D eigenvalue weighted by atomic mass is 16.5. The number of carbonyl (C=O) groups is 3. The fourth-order valence-electron chi connectivity index (χ4n) is 4.71. The summed E-state index contributed by atoms with van der Waals surface area (Å²) in [6.07, 6.45) is 1.21. The zero-order chi connectivity index (χ0) is 24.7. The zero-order valence-electron chi connectivity index (χ0n) is 19.9. The molecule has 180 valence electrons. The van der Waals surface area contributed by atoms with Crippen LogP contribution >= 0.6 is 0 Å². The van der Waals surface area contributed by atoms with E-state index in [1.165, 1.54) is 4.90 Å². The molecule has 2 aromatic rings. The molecule has 1 saturated heterocycles. The predicted octanol–water partition coefficient (Wildman–Crippen LogP) is 3.03. The maximum absolute atomic E-state index is 13.6. The summed E-state index contributed by atoms with van der Waals surface area (Å²) in [6.45, 7) is 3.95. The van der Waals surface area contributed by atoms with Crippen molar-refractivity contribution in [2.75, 3.05) is 25.1 Å². The third-order valence-electron chi connectivity index (χ3n) is 6.39. The molecule has 0 bridgehead atoms. The summed E-state index contributed by atoms with van der Waals surface area (Å²) in [6, 6.07) is 16.8. The Bertz CT molecular complexity index is 1240. The minimum Gasteiger partial charge on any atom is -0.466 e. The number of fused-ring (bicyclic) bond motifs is 3. The van der Waals surface area contributed by atoms with Gasteiger partial charge in [-0.05, 0) is 31.5 Å². The number of urea groups is 1. The third kappa shape index (κ3) is 3.82. The fourth-order valence-corrected chi connectivity index (χ4v) is 4.71. The summed E-state index contributed by atoms with van der Waals surface area (Å²) in [4.78, 5) is 49.8. The van der Waals surface area contributed by atoms with E-state index in [2.05, 4.69) is 6.07 Å². The van der Waals surface area contributed by atoms with Crippen LogP contribution in [-0.4, -0.2) is 71.0 Å². The molecule has 3 aliphatic heterocycles. The average Bonchev–Trinajstić information content (AvgIpc) is 3.40. The third-order valence-corrected chi connectivity index (χ3v) is 6.39. The van der Waals surface area contributed by atoms with Crippen LogP contribution in [0.1, 0.15) is 24.5 Å². The topological polar surface area (TPSA) is 85.8 Å². The number of anilines is 1. The van der Waals surface area contributed by atoms with Crippen molar-refractivity contribution in [2.45, 2.75) is 32.5 Å². The van der Waals surface area contributed by atoms with E-state index in [0.717, 1.165) is 27.4 Å². The molecule has 35 heavy (non-hydrogen) atoms. The Morgan fingerprint density at radius 1 is 1.09 bits per heavy atom. The van der Waals surface area contributed by atoms with Gasteiger partial charge in [0, 0.05) is 31.0 Å². The Hall–Kier alpha value is -4.14. The molecular weight excluding hydrogens is 446 g/mol. The molecular formula is C26H27N5O4. The number of imide groups is 1. The van der Waals surface area contributed by atoms with Crippen molar-refractivity contribution < 1.29 is 19.1 Å². The summed E-state index contributed by atoms with van der Waals surface area (Å²) in [5, 5.41) is 0. The van der Waals surface area contributed by atoms with Crippen LogP contribution in [0.3, 0.4) is 0 Å². The lowest BCUT2D eigenvalue weighted by atomic mass is 10.1. The lowest BCUT2D eigenvalue weighted by Gasteiger charge is -2.40. The van der Waals surface area contributed by atoms with Gasteiger partial charge in [0.15, 0.2) is 12.2 Å². The van der Waals surface area contributed by atoms with Crippen LogP contribution in [0.15, 0.2) is 65.8 Å². The number of guanidine groups is 1. The van der Waals surface area contributed by atoms with Gasteiger partial charge in [0.25, 0.3) is 5.91 Å². The summed E-state index contributed by atoms with van der Waals surface area (Å²) in [5.41, 5.74) is 3.88. The van der Waals surface area contributed by atoms with E-state index in [1.54, 1.807) is 14.0 Å². The first-order valence-electron chi connectivity index (χ1n) is 11.6. The second-order valence-electron chi connectivity index (χ2n) is 8.69. The van der Waals surface area contributed by atoms with Gasteiger partial charge in [-0.2, -0.15) is 0 Å². The van der Waals surface area contributed by atoms with E-state index >= 15 is 0 Å². The van der Waals surface area contributed by atoms with E-state index < -0.39 is 24.2 Å². The average molecular weight is 474 g/mol. The van der Waals surface area contributed by atoms with Crippen LogP contribution in [0.4, 0.5) is 10.5 Å². The fraction of sp³-hybridized carbons (Fsp3) is 0.308. The number of nitrogens with zero attached hydrogens (tertiary/aromatic N) is 5. The van der Waals surface area contributed by atoms with E-state index in [0.29, 0.717) is 5.96 Å². The molecule has 0 radical (unpaired) electrons. The quantitative estimate of drug-likeness (QED) is 0.600. The number of likely N-dealkylation sites (N-methyl/N-ethyl adjacent to an activating group) is 1.